The maximum atomic E-state index is 11.9. The van der Waals surface area contributed by atoms with Crippen molar-refractivity contribution in [3.63, 3.8) is 0 Å². The molecule has 1 saturated heterocycles. The van der Waals surface area contributed by atoms with Crippen molar-refractivity contribution < 1.29 is 9.53 Å². The number of hydrogen-bond acceptors (Lipinski definition) is 4. The first kappa shape index (κ1) is 11.4. The summed E-state index contributed by atoms with van der Waals surface area (Å²) >= 11 is 5.87. The maximum absolute atomic E-state index is 11.9. The number of hydrazine groups is 1. The van der Waals surface area contributed by atoms with Gasteiger partial charge in [-0.25, -0.2) is 5.01 Å². The van der Waals surface area contributed by atoms with E-state index in [-0.39, 0.29) is 5.91 Å². The molecule has 0 aromatic carbocycles. The number of aromatic nitrogens is 2. The Hall–Kier alpha value is -1.11. The fraction of sp³-hybridized carbons (Fsp3) is 0.556. The quantitative estimate of drug-likeness (QED) is 0.799. The van der Waals surface area contributed by atoms with Gasteiger partial charge in [0.15, 0.2) is 0 Å². The molecule has 2 heterocycles. The van der Waals surface area contributed by atoms with Gasteiger partial charge in [0, 0.05) is 20.1 Å². The second kappa shape index (κ2) is 4.82. The van der Waals surface area contributed by atoms with E-state index in [1.165, 1.54) is 10.9 Å². The minimum Gasteiger partial charge on any atom is -0.379 e. The van der Waals surface area contributed by atoms with Crippen molar-refractivity contribution in [2.24, 2.45) is 7.05 Å². The molecule has 0 spiro atoms. The smallest absolute Gasteiger partial charge is 0.285 e. The van der Waals surface area contributed by atoms with Crippen molar-refractivity contribution in [3.05, 3.63) is 16.9 Å². The molecule has 1 amide bonds. The van der Waals surface area contributed by atoms with Gasteiger partial charge in [-0.15, -0.1) is 0 Å². The summed E-state index contributed by atoms with van der Waals surface area (Å²) in [6.45, 7) is 2.61. The number of carbonyl (C=O) groups is 1. The van der Waals surface area contributed by atoms with Crippen LogP contribution < -0.4 is 5.43 Å². The van der Waals surface area contributed by atoms with Gasteiger partial charge in [-0.2, -0.15) is 5.10 Å². The first-order valence-electron chi connectivity index (χ1n) is 4.99. The molecular weight excluding hydrogens is 232 g/mol. The van der Waals surface area contributed by atoms with Gasteiger partial charge < -0.3 is 4.74 Å². The topological polar surface area (TPSA) is 59.4 Å². The number of hydrogen-bond donors (Lipinski definition) is 1. The van der Waals surface area contributed by atoms with E-state index in [2.05, 4.69) is 10.5 Å². The van der Waals surface area contributed by atoms with E-state index in [1.807, 2.05) is 5.01 Å². The summed E-state index contributed by atoms with van der Waals surface area (Å²) in [5, 5.41) is 6.08. The molecule has 6 nitrogen and oxygen atoms in total. The summed E-state index contributed by atoms with van der Waals surface area (Å²) in [5.41, 5.74) is 3.14. The summed E-state index contributed by atoms with van der Waals surface area (Å²) < 4.78 is 6.64. The highest BCUT2D eigenvalue weighted by Gasteiger charge is 2.19. The predicted molar refractivity (Wildman–Crippen MR) is 58.1 cm³/mol. The van der Waals surface area contributed by atoms with Gasteiger partial charge in [0.1, 0.15) is 5.69 Å². The van der Waals surface area contributed by atoms with E-state index in [0.717, 1.165) is 0 Å². The number of halogens is 1. The number of rotatable bonds is 2. The lowest BCUT2D eigenvalue weighted by Crippen LogP contribution is -2.48. The summed E-state index contributed by atoms with van der Waals surface area (Å²) in [6.07, 6.45) is 1.45. The number of nitrogens with zero attached hydrogens (tertiary/aromatic N) is 3. The lowest BCUT2D eigenvalue weighted by atomic mass is 10.4. The van der Waals surface area contributed by atoms with Crippen LogP contribution in [0.1, 0.15) is 10.5 Å². The SMILES string of the molecule is Cn1ncc(Cl)c1C(=O)NN1CCOCC1. The van der Waals surface area contributed by atoms with Crippen molar-refractivity contribution >= 4 is 17.5 Å². The van der Waals surface area contributed by atoms with Crippen molar-refractivity contribution in [2.75, 3.05) is 26.3 Å². The van der Waals surface area contributed by atoms with Crippen molar-refractivity contribution in [1.29, 1.82) is 0 Å². The molecule has 1 aromatic rings. The maximum Gasteiger partial charge on any atom is 0.285 e. The average molecular weight is 245 g/mol. The van der Waals surface area contributed by atoms with Crippen LogP contribution in [-0.4, -0.2) is 47.0 Å². The van der Waals surface area contributed by atoms with E-state index < -0.39 is 0 Å². The molecule has 1 N–H and O–H groups in total. The van der Waals surface area contributed by atoms with E-state index in [1.54, 1.807) is 7.05 Å². The zero-order valence-corrected chi connectivity index (χ0v) is 9.70. The highest BCUT2D eigenvalue weighted by Crippen LogP contribution is 2.13. The molecule has 16 heavy (non-hydrogen) atoms. The van der Waals surface area contributed by atoms with Crippen molar-refractivity contribution in [3.8, 4) is 0 Å². The normalized spacial score (nSPS) is 17.4. The second-order valence-corrected chi connectivity index (χ2v) is 3.91. The molecule has 0 radical (unpaired) electrons. The second-order valence-electron chi connectivity index (χ2n) is 3.51. The molecule has 1 aromatic heterocycles. The van der Waals surface area contributed by atoms with E-state index in [9.17, 15) is 4.79 Å². The Balaban J connectivity index is 2.02. The zero-order chi connectivity index (χ0) is 11.5. The molecule has 0 atom stereocenters. The van der Waals surface area contributed by atoms with Crippen LogP contribution in [0.2, 0.25) is 5.02 Å². The average Bonchev–Trinajstić information content (AvgIpc) is 2.60. The minimum absolute atomic E-state index is 0.244. The van der Waals surface area contributed by atoms with E-state index >= 15 is 0 Å². The van der Waals surface area contributed by atoms with Gasteiger partial charge in [0.25, 0.3) is 5.91 Å². The first-order chi connectivity index (χ1) is 7.68. The summed E-state index contributed by atoms with van der Waals surface area (Å²) in [7, 11) is 1.68. The molecular formula is C9H13ClN4O2. The van der Waals surface area contributed by atoms with Crippen LogP contribution in [0, 0.1) is 0 Å². The molecule has 88 valence electrons. The molecule has 7 heteroatoms. The van der Waals surface area contributed by atoms with Crippen molar-refractivity contribution in [2.45, 2.75) is 0 Å². The Bertz CT molecular complexity index is 367. The standard InChI is InChI=1S/C9H13ClN4O2/c1-13-8(7(10)6-11-13)9(15)12-14-2-4-16-5-3-14/h6H,2-5H2,1H3,(H,12,15). The molecule has 1 aliphatic heterocycles. The summed E-state index contributed by atoms with van der Waals surface area (Å²) in [6, 6.07) is 0. The fourth-order valence-electron chi connectivity index (χ4n) is 1.54. The molecule has 0 unspecified atom stereocenters. The van der Waals surface area contributed by atoms with Crippen LogP contribution in [0.5, 0.6) is 0 Å². The zero-order valence-electron chi connectivity index (χ0n) is 8.94. The van der Waals surface area contributed by atoms with Gasteiger partial charge in [0.05, 0.1) is 24.4 Å². The molecule has 1 fully saturated rings. The summed E-state index contributed by atoms with van der Waals surface area (Å²) in [5.74, 6) is -0.244. The van der Waals surface area contributed by atoms with Gasteiger partial charge in [-0.1, -0.05) is 11.6 Å². The Morgan fingerprint density at radius 3 is 2.81 bits per heavy atom. The van der Waals surface area contributed by atoms with Crippen molar-refractivity contribution in [1.82, 2.24) is 20.2 Å². The number of aryl methyl sites for hydroxylation is 1. The Kier molecular flexibility index (Phi) is 3.42. The third kappa shape index (κ3) is 2.34. The number of amides is 1. The Morgan fingerprint density at radius 1 is 1.56 bits per heavy atom. The van der Waals surface area contributed by atoms with Crippen LogP contribution in [0.3, 0.4) is 0 Å². The van der Waals surface area contributed by atoms with Crippen LogP contribution in [0.15, 0.2) is 6.20 Å². The fourth-order valence-corrected chi connectivity index (χ4v) is 1.79. The number of carbonyl (C=O) groups excluding carboxylic acids is 1. The molecule has 0 aliphatic carbocycles. The Labute approximate surface area is 98.1 Å². The monoisotopic (exact) mass is 244 g/mol. The highest BCUT2D eigenvalue weighted by molar-refractivity contribution is 6.33. The highest BCUT2D eigenvalue weighted by atomic mass is 35.5. The van der Waals surface area contributed by atoms with Gasteiger partial charge in [0.2, 0.25) is 0 Å². The molecule has 0 bridgehead atoms. The summed E-state index contributed by atoms with van der Waals surface area (Å²) in [4.78, 5) is 11.9. The Morgan fingerprint density at radius 2 is 2.25 bits per heavy atom. The molecule has 0 saturated carbocycles. The van der Waals surface area contributed by atoms with Gasteiger partial charge in [-0.05, 0) is 0 Å². The van der Waals surface area contributed by atoms with Crippen LogP contribution in [0.4, 0.5) is 0 Å². The van der Waals surface area contributed by atoms with Crippen LogP contribution in [-0.2, 0) is 11.8 Å². The third-order valence-electron chi connectivity index (χ3n) is 2.38. The van der Waals surface area contributed by atoms with Crippen LogP contribution in [0.25, 0.3) is 0 Å². The van der Waals surface area contributed by atoms with Gasteiger partial charge in [-0.3, -0.25) is 14.9 Å². The van der Waals surface area contributed by atoms with E-state index in [0.29, 0.717) is 37.0 Å². The lowest BCUT2D eigenvalue weighted by molar-refractivity contribution is 0.0123. The number of ether oxygens (including phenoxy) is 1. The predicted octanol–water partition coefficient (Wildman–Crippen LogP) is 0.0505. The van der Waals surface area contributed by atoms with Crippen LogP contribution >= 0.6 is 11.6 Å². The number of morpholine rings is 1. The largest absolute Gasteiger partial charge is 0.379 e. The number of nitrogens with one attached hydrogen (secondary N) is 1. The van der Waals surface area contributed by atoms with Gasteiger partial charge >= 0.3 is 0 Å². The first-order valence-corrected chi connectivity index (χ1v) is 5.37. The lowest BCUT2D eigenvalue weighted by Gasteiger charge is -2.26. The molecule has 1 aliphatic rings. The minimum atomic E-state index is -0.244. The molecule has 2 rings (SSSR count). The van der Waals surface area contributed by atoms with E-state index in [4.69, 9.17) is 16.3 Å². The third-order valence-corrected chi connectivity index (χ3v) is 2.66.